The molecule has 0 aliphatic heterocycles. The van der Waals surface area contributed by atoms with Crippen LogP contribution >= 0.6 is 23.2 Å². The largest absolute Gasteiger partial charge is 0.225 e. The molecule has 0 amide bonds. The van der Waals surface area contributed by atoms with Crippen LogP contribution in [0.15, 0.2) is 6.20 Å². The van der Waals surface area contributed by atoms with E-state index in [4.69, 9.17) is 28.5 Å². The number of nitrogens with zero attached hydrogens (tertiary/aromatic N) is 3. The fourth-order valence-corrected chi connectivity index (χ4v) is 0.957. The lowest BCUT2D eigenvalue weighted by molar-refractivity contribution is 1.16. The Morgan fingerprint density at radius 1 is 1.46 bits per heavy atom. The zero-order valence-corrected chi connectivity index (χ0v) is 7.89. The van der Waals surface area contributed by atoms with E-state index in [9.17, 15) is 0 Å². The summed E-state index contributed by atoms with van der Waals surface area (Å²) in [5.41, 5.74) is 0.473. The molecule has 0 bridgehead atoms. The molecule has 1 rings (SSSR count). The van der Waals surface area contributed by atoms with Crippen LogP contribution in [0.4, 0.5) is 0 Å². The zero-order valence-electron chi connectivity index (χ0n) is 6.38. The van der Waals surface area contributed by atoms with Crippen LogP contribution < -0.4 is 0 Å². The zero-order chi connectivity index (χ0) is 9.68. The van der Waals surface area contributed by atoms with E-state index in [1.54, 1.807) is 0 Å². The minimum absolute atomic E-state index is 0.0795. The highest BCUT2D eigenvalue weighted by molar-refractivity contribution is 6.32. The lowest BCUT2D eigenvalue weighted by atomic mass is 10.3. The maximum Gasteiger partial charge on any atom is 0.223 e. The number of halogens is 2. The van der Waals surface area contributed by atoms with Crippen molar-refractivity contribution in [3.8, 4) is 17.9 Å². The van der Waals surface area contributed by atoms with Gasteiger partial charge in [-0.2, -0.15) is 5.26 Å². The fraction of sp³-hybridized carbons (Fsp3) is 0.125. The number of hydrogen-bond donors (Lipinski definition) is 0. The van der Waals surface area contributed by atoms with Crippen molar-refractivity contribution in [1.82, 2.24) is 9.97 Å². The Morgan fingerprint density at radius 2 is 2.23 bits per heavy atom. The third kappa shape index (κ3) is 2.91. The minimum atomic E-state index is 0.0795. The van der Waals surface area contributed by atoms with E-state index in [1.807, 2.05) is 6.07 Å². The van der Waals surface area contributed by atoms with Crippen molar-refractivity contribution in [2.24, 2.45) is 0 Å². The lowest BCUT2D eigenvalue weighted by Crippen LogP contribution is -1.86. The van der Waals surface area contributed by atoms with Gasteiger partial charge in [0.05, 0.1) is 18.1 Å². The second-order valence-corrected chi connectivity index (χ2v) is 2.68. The van der Waals surface area contributed by atoms with Crippen LogP contribution in [-0.4, -0.2) is 9.97 Å². The molecule has 1 heterocycles. The van der Waals surface area contributed by atoms with Crippen molar-refractivity contribution in [3.63, 3.8) is 0 Å². The molecule has 0 aromatic carbocycles. The molecule has 1 aromatic rings. The Labute approximate surface area is 85.3 Å². The van der Waals surface area contributed by atoms with E-state index in [1.165, 1.54) is 6.20 Å². The third-order valence-electron chi connectivity index (χ3n) is 1.10. The predicted octanol–water partition coefficient (Wildman–Crippen LogP) is 2.05. The predicted molar refractivity (Wildman–Crippen MR) is 49.2 cm³/mol. The number of aromatic nitrogens is 2. The third-order valence-corrected chi connectivity index (χ3v) is 1.57. The standard InChI is InChI=1S/C8H3Cl2N3/c9-7-6(3-1-2-4-11)5-12-8(10)13-7/h5H,2H2. The van der Waals surface area contributed by atoms with Gasteiger partial charge in [-0.1, -0.05) is 23.4 Å². The summed E-state index contributed by atoms with van der Waals surface area (Å²) in [5.74, 6) is 5.25. The van der Waals surface area contributed by atoms with Crippen LogP contribution in [0.3, 0.4) is 0 Å². The molecular weight excluding hydrogens is 209 g/mol. The molecule has 1 aromatic heterocycles. The van der Waals surface area contributed by atoms with Gasteiger partial charge in [0.15, 0.2) is 0 Å². The first-order valence-electron chi connectivity index (χ1n) is 3.28. The maximum atomic E-state index is 8.22. The van der Waals surface area contributed by atoms with Crippen LogP contribution in [0.25, 0.3) is 0 Å². The highest BCUT2D eigenvalue weighted by Gasteiger charge is 1.99. The van der Waals surface area contributed by atoms with Crippen molar-refractivity contribution in [2.75, 3.05) is 0 Å². The molecule has 0 aliphatic rings. The first-order chi connectivity index (χ1) is 6.24. The molecule has 0 fully saturated rings. The second kappa shape index (κ2) is 4.67. The van der Waals surface area contributed by atoms with Gasteiger partial charge in [0.1, 0.15) is 5.15 Å². The maximum absolute atomic E-state index is 8.22. The van der Waals surface area contributed by atoms with Crippen molar-refractivity contribution in [3.05, 3.63) is 22.2 Å². The van der Waals surface area contributed by atoms with Crippen LogP contribution in [0.2, 0.25) is 10.4 Å². The van der Waals surface area contributed by atoms with Crippen molar-refractivity contribution >= 4 is 23.2 Å². The van der Waals surface area contributed by atoms with Crippen molar-refractivity contribution in [1.29, 1.82) is 5.26 Å². The summed E-state index contributed by atoms with van der Waals surface area (Å²) in [7, 11) is 0. The Bertz CT molecular complexity index is 412. The Hall–Kier alpha value is -1.29. The molecule has 13 heavy (non-hydrogen) atoms. The first kappa shape index (κ1) is 9.80. The summed E-state index contributed by atoms with van der Waals surface area (Å²) < 4.78 is 0. The van der Waals surface area contributed by atoms with E-state index in [0.717, 1.165) is 0 Å². The Morgan fingerprint density at radius 3 is 2.85 bits per heavy atom. The number of hydrogen-bond acceptors (Lipinski definition) is 3. The molecule has 64 valence electrons. The van der Waals surface area contributed by atoms with E-state index in [2.05, 4.69) is 21.8 Å². The van der Waals surface area contributed by atoms with Gasteiger partial charge in [-0.25, -0.2) is 9.97 Å². The first-order valence-corrected chi connectivity index (χ1v) is 4.03. The monoisotopic (exact) mass is 211 g/mol. The summed E-state index contributed by atoms with van der Waals surface area (Å²) in [5, 5.41) is 8.50. The average Bonchev–Trinajstić information content (AvgIpc) is 2.09. The SMILES string of the molecule is N#CCC#Cc1cnc(Cl)nc1Cl. The van der Waals surface area contributed by atoms with Gasteiger partial charge in [-0.3, -0.25) is 0 Å². The van der Waals surface area contributed by atoms with Crippen LogP contribution in [-0.2, 0) is 0 Å². The summed E-state index contributed by atoms with van der Waals surface area (Å²) in [4.78, 5) is 7.39. The van der Waals surface area contributed by atoms with Crippen molar-refractivity contribution in [2.45, 2.75) is 6.42 Å². The quantitative estimate of drug-likeness (QED) is 0.375. The summed E-state index contributed by atoms with van der Waals surface area (Å²) >= 11 is 11.2. The molecule has 0 spiro atoms. The molecule has 0 radical (unpaired) electrons. The molecule has 0 N–H and O–H groups in total. The van der Waals surface area contributed by atoms with E-state index < -0.39 is 0 Å². The second-order valence-electron chi connectivity index (χ2n) is 1.98. The van der Waals surface area contributed by atoms with E-state index in [-0.39, 0.29) is 16.9 Å². The molecule has 0 atom stereocenters. The van der Waals surface area contributed by atoms with Gasteiger partial charge in [-0.15, -0.1) is 0 Å². The fourth-order valence-electron chi connectivity index (χ4n) is 0.604. The Kier molecular flexibility index (Phi) is 3.52. The lowest BCUT2D eigenvalue weighted by Gasteiger charge is -1.92. The van der Waals surface area contributed by atoms with Crippen LogP contribution in [0, 0.1) is 23.2 Å². The molecule has 0 aliphatic carbocycles. The topological polar surface area (TPSA) is 49.6 Å². The molecule has 3 nitrogen and oxygen atoms in total. The normalized spacial score (nSPS) is 8.38. The van der Waals surface area contributed by atoms with E-state index >= 15 is 0 Å². The molecule has 0 saturated carbocycles. The highest BCUT2D eigenvalue weighted by atomic mass is 35.5. The molecular formula is C8H3Cl2N3. The van der Waals surface area contributed by atoms with Crippen molar-refractivity contribution < 1.29 is 0 Å². The molecule has 0 saturated heterocycles. The summed E-state index contributed by atoms with van der Waals surface area (Å²) in [6, 6.07) is 1.89. The van der Waals surface area contributed by atoms with Gasteiger partial charge in [-0.05, 0) is 11.6 Å². The average molecular weight is 212 g/mol. The van der Waals surface area contributed by atoms with Crippen LogP contribution in [0.1, 0.15) is 12.0 Å². The smallest absolute Gasteiger partial charge is 0.223 e. The van der Waals surface area contributed by atoms with Gasteiger partial charge >= 0.3 is 0 Å². The van der Waals surface area contributed by atoms with Gasteiger partial charge in [0, 0.05) is 6.20 Å². The summed E-state index contributed by atoms with van der Waals surface area (Å²) in [6.45, 7) is 0. The summed E-state index contributed by atoms with van der Waals surface area (Å²) in [6.07, 6.45) is 1.57. The molecule has 0 unspecified atom stereocenters. The van der Waals surface area contributed by atoms with Gasteiger partial charge in [0.25, 0.3) is 0 Å². The number of nitriles is 1. The molecule has 5 heteroatoms. The minimum Gasteiger partial charge on any atom is -0.225 e. The van der Waals surface area contributed by atoms with Crippen LogP contribution in [0.5, 0.6) is 0 Å². The van der Waals surface area contributed by atoms with E-state index in [0.29, 0.717) is 5.56 Å². The Balaban J connectivity index is 2.93. The van der Waals surface area contributed by atoms with Gasteiger partial charge in [0.2, 0.25) is 5.28 Å². The van der Waals surface area contributed by atoms with Gasteiger partial charge < -0.3 is 0 Å². The number of rotatable bonds is 0. The highest BCUT2D eigenvalue weighted by Crippen LogP contribution is 2.12.